The van der Waals surface area contributed by atoms with Crippen molar-refractivity contribution in [2.24, 2.45) is 0 Å². The Balaban J connectivity index is 1.38. The molecule has 4 rings (SSSR count). The van der Waals surface area contributed by atoms with E-state index in [4.69, 9.17) is 14.2 Å². The molecule has 0 radical (unpaired) electrons. The zero-order valence-corrected chi connectivity index (χ0v) is 16.3. The van der Waals surface area contributed by atoms with Gasteiger partial charge in [-0.1, -0.05) is 18.2 Å². The Kier molecular flexibility index (Phi) is 5.39. The first kappa shape index (κ1) is 18.6. The van der Waals surface area contributed by atoms with Gasteiger partial charge in [0.25, 0.3) is 0 Å². The summed E-state index contributed by atoms with van der Waals surface area (Å²) in [6.07, 6.45) is 2.14. The van der Waals surface area contributed by atoms with Crippen LogP contribution in [-0.2, 0) is 4.79 Å². The van der Waals surface area contributed by atoms with E-state index in [1.165, 1.54) is 5.56 Å². The van der Waals surface area contributed by atoms with Gasteiger partial charge in [0, 0.05) is 6.04 Å². The summed E-state index contributed by atoms with van der Waals surface area (Å²) in [5.41, 5.74) is 2.21. The number of carbonyl (C=O) groups is 1. The normalized spacial score (nSPS) is 19.4. The first-order valence-electron chi connectivity index (χ1n) is 9.71. The van der Waals surface area contributed by atoms with E-state index in [0.717, 1.165) is 42.2 Å². The molecule has 2 heterocycles. The molecule has 2 unspecified atom stereocenters. The van der Waals surface area contributed by atoms with Crippen LogP contribution in [0.3, 0.4) is 0 Å². The zero-order chi connectivity index (χ0) is 19.5. The topological polar surface area (TPSA) is 60.0 Å². The predicted octanol–water partition coefficient (Wildman–Crippen LogP) is 3.44. The zero-order valence-electron chi connectivity index (χ0n) is 16.3. The molecule has 2 atom stereocenters. The second kappa shape index (κ2) is 8.10. The highest BCUT2D eigenvalue weighted by Crippen LogP contribution is 2.35. The molecule has 148 valence electrons. The minimum absolute atomic E-state index is 0.0277. The fourth-order valence-corrected chi connectivity index (χ4v) is 3.98. The van der Waals surface area contributed by atoms with Gasteiger partial charge >= 0.3 is 0 Å². The van der Waals surface area contributed by atoms with Crippen LogP contribution in [-0.4, -0.2) is 37.8 Å². The van der Waals surface area contributed by atoms with Crippen LogP contribution in [0.15, 0.2) is 42.5 Å². The fraction of sp³-hybridized carbons (Fsp3) is 0.409. The van der Waals surface area contributed by atoms with Gasteiger partial charge in [-0.15, -0.1) is 0 Å². The third-order valence-electron chi connectivity index (χ3n) is 5.46. The van der Waals surface area contributed by atoms with Crippen molar-refractivity contribution in [2.75, 3.05) is 27.0 Å². The molecule has 2 aromatic rings. The molecule has 28 heavy (non-hydrogen) atoms. The SMILES string of the molecule is COc1cccc(C2CCCN2CC(=O)NC(C)c2ccc3c(c2)OCO3)c1. The summed E-state index contributed by atoms with van der Waals surface area (Å²) >= 11 is 0. The Morgan fingerprint density at radius 1 is 1.25 bits per heavy atom. The van der Waals surface area contributed by atoms with Gasteiger partial charge in [-0.25, -0.2) is 0 Å². The molecule has 6 heteroatoms. The first-order chi connectivity index (χ1) is 13.6. The van der Waals surface area contributed by atoms with E-state index in [0.29, 0.717) is 6.54 Å². The molecular formula is C22H26N2O4. The predicted molar refractivity (Wildman–Crippen MR) is 106 cm³/mol. The lowest BCUT2D eigenvalue weighted by Crippen LogP contribution is -2.38. The van der Waals surface area contributed by atoms with Crippen LogP contribution < -0.4 is 19.5 Å². The number of rotatable bonds is 6. The van der Waals surface area contributed by atoms with Crippen molar-refractivity contribution in [3.8, 4) is 17.2 Å². The van der Waals surface area contributed by atoms with E-state index in [9.17, 15) is 4.79 Å². The minimum Gasteiger partial charge on any atom is -0.497 e. The quantitative estimate of drug-likeness (QED) is 0.829. The molecule has 1 amide bonds. The summed E-state index contributed by atoms with van der Waals surface area (Å²) in [5.74, 6) is 2.36. The monoisotopic (exact) mass is 382 g/mol. The third-order valence-corrected chi connectivity index (χ3v) is 5.46. The highest BCUT2D eigenvalue weighted by Gasteiger charge is 2.28. The van der Waals surface area contributed by atoms with Crippen molar-refractivity contribution >= 4 is 5.91 Å². The molecule has 2 aliphatic rings. The van der Waals surface area contributed by atoms with Gasteiger partial charge in [-0.05, 0) is 61.7 Å². The van der Waals surface area contributed by atoms with Crippen molar-refractivity contribution in [2.45, 2.75) is 31.8 Å². The Morgan fingerprint density at radius 2 is 2.11 bits per heavy atom. The lowest BCUT2D eigenvalue weighted by Gasteiger charge is -2.25. The van der Waals surface area contributed by atoms with Gasteiger partial charge in [0.1, 0.15) is 5.75 Å². The van der Waals surface area contributed by atoms with E-state index in [2.05, 4.69) is 22.3 Å². The summed E-state index contributed by atoms with van der Waals surface area (Å²) < 4.78 is 16.1. The molecular weight excluding hydrogens is 356 g/mol. The summed E-state index contributed by atoms with van der Waals surface area (Å²) in [6.45, 7) is 3.55. The minimum atomic E-state index is -0.0973. The van der Waals surface area contributed by atoms with Gasteiger partial charge in [-0.2, -0.15) is 0 Å². The van der Waals surface area contributed by atoms with Crippen molar-refractivity contribution in [1.82, 2.24) is 10.2 Å². The van der Waals surface area contributed by atoms with E-state index in [1.54, 1.807) is 7.11 Å². The Bertz CT molecular complexity index is 854. The van der Waals surface area contributed by atoms with Crippen LogP contribution in [0.2, 0.25) is 0 Å². The number of hydrogen-bond acceptors (Lipinski definition) is 5. The van der Waals surface area contributed by atoms with Gasteiger partial charge in [0.05, 0.1) is 19.7 Å². The molecule has 0 aromatic heterocycles. The molecule has 1 N–H and O–H groups in total. The van der Waals surface area contributed by atoms with Crippen molar-refractivity contribution in [1.29, 1.82) is 0 Å². The highest BCUT2D eigenvalue weighted by molar-refractivity contribution is 5.78. The largest absolute Gasteiger partial charge is 0.497 e. The van der Waals surface area contributed by atoms with E-state index in [1.807, 2.05) is 37.3 Å². The molecule has 6 nitrogen and oxygen atoms in total. The third kappa shape index (κ3) is 3.92. The number of hydrogen-bond donors (Lipinski definition) is 1. The number of nitrogens with one attached hydrogen (secondary N) is 1. The average Bonchev–Trinajstić information content (AvgIpc) is 3.36. The van der Waals surface area contributed by atoms with Crippen LogP contribution in [0.4, 0.5) is 0 Å². The number of amides is 1. The molecule has 0 saturated carbocycles. The van der Waals surface area contributed by atoms with E-state index >= 15 is 0 Å². The smallest absolute Gasteiger partial charge is 0.234 e. The molecule has 0 aliphatic carbocycles. The maximum atomic E-state index is 12.7. The molecule has 2 aliphatic heterocycles. The number of nitrogens with zero attached hydrogens (tertiary/aromatic N) is 1. The Morgan fingerprint density at radius 3 is 2.96 bits per heavy atom. The fourth-order valence-electron chi connectivity index (χ4n) is 3.98. The molecule has 2 aromatic carbocycles. The molecule has 0 bridgehead atoms. The maximum absolute atomic E-state index is 12.7. The second-order valence-electron chi connectivity index (χ2n) is 7.31. The van der Waals surface area contributed by atoms with Crippen molar-refractivity contribution in [3.05, 3.63) is 53.6 Å². The number of likely N-dealkylation sites (tertiary alicyclic amines) is 1. The number of carbonyl (C=O) groups excluding carboxylic acids is 1. The molecule has 1 saturated heterocycles. The van der Waals surface area contributed by atoms with Crippen LogP contribution >= 0.6 is 0 Å². The Hall–Kier alpha value is -2.73. The summed E-state index contributed by atoms with van der Waals surface area (Å²) in [5, 5.41) is 3.11. The van der Waals surface area contributed by atoms with Crippen LogP contribution in [0, 0.1) is 0 Å². The van der Waals surface area contributed by atoms with Crippen molar-refractivity contribution < 1.29 is 19.0 Å². The van der Waals surface area contributed by atoms with Crippen LogP contribution in [0.25, 0.3) is 0 Å². The lowest BCUT2D eigenvalue weighted by atomic mass is 10.0. The number of benzene rings is 2. The molecule has 1 fully saturated rings. The highest BCUT2D eigenvalue weighted by atomic mass is 16.7. The number of methoxy groups -OCH3 is 1. The van der Waals surface area contributed by atoms with Gasteiger partial charge in [-0.3, -0.25) is 9.69 Å². The van der Waals surface area contributed by atoms with Gasteiger partial charge in [0.15, 0.2) is 11.5 Å². The van der Waals surface area contributed by atoms with Crippen molar-refractivity contribution in [3.63, 3.8) is 0 Å². The van der Waals surface area contributed by atoms with Crippen LogP contribution in [0.1, 0.15) is 43.0 Å². The first-order valence-corrected chi connectivity index (χ1v) is 9.71. The van der Waals surface area contributed by atoms with E-state index < -0.39 is 0 Å². The van der Waals surface area contributed by atoms with Gasteiger partial charge in [0.2, 0.25) is 12.7 Å². The van der Waals surface area contributed by atoms with Crippen LogP contribution in [0.5, 0.6) is 17.2 Å². The Labute approximate surface area is 165 Å². The number of ether oxygens (including phenoxy) is 3. The summed E-state index contributed by atoms with van der Waals surface area (Å²) in [6, 6.07) is 14.1. The summed E-state index contributed by atoms with van der Waals surface area (Å²) in [4.78, 5) is 14.9. The lowest BCUT2D eigenvalue weighted by molar-refractivity contribution is -0.123. The average molecular weight is 382 g/mol. The maximum Gasteiger partial charge on any atom is 0.234 e. The second-order valence-corrected chi connectivity index (χ2v) is 7.31. The van der Waals surface area contributed by atoms with E-state index in [-0.39, 0.29) is 24.8 Å². The standard InChI is InChI=1S/C22H26N2O4/c1-15(16-8-9-20-21(12-16)28-14-27-20)23-22(25)13-24-10-4-7-19(24)17-5-3-6-18(11-17)26-2/h3,5-6,8-9,11-12,15,19H,4,7,10,13-14H2,1-2H3,(H,23,25). The molecule has 0 spiro atoms. The number of fused-ring (bicyclic) bond motifs is 1. The summed E-state index contributed by atoms with van der Waals surface area (Å²) in [7, 11) is 1.68. The van der Waals surface area contributed by atoms with Gasteiger partial charge < -0.3 is 19.5 Å².